The summed E-state index contributed by atoms with van der Waals surface area (Å²) in [6.45, 7) is 5.94. The number of carbonyl (C=O) groups is 1. The van der Waals surface area contributed by atoms with Crippen molar-refractivity contribution >= 4 is 5.78 Å². The van der Waals surface area contributed by atoms with Crippen LogP contribution in [0, 0.1) is 20.8 Å². The number of aliphatic hydroxyl groups is 1. The molecule has 0 aromatic heterocycles. The van der Waals surface area contributed by atoms with E-state index < -0.39 is 5.60 Å². The van der Waals surface area contributed by atoms with Crippen molar-refractivity contribution in [3.63, 3.8) is 0 Å². The summed E-state index contributed by atoms with van der Waals surface area (Å²) in [6, 6.07) is 22.9. The Morgan fingerprint density at radius 3 is 1.65 bits per heavy atom. The number of benzene rings is 3. The van der Waals surface area contributed by atoms with Crippen molar-refractivity contribution in [1.29, 1.82) is 0 Å². The Hall–Kier alpha value is -2.71. The van der Waals surface area contributed by atoms with Crippen molar-refractivity contribution in [2.45, 2.75) is 32.8 Å². The lowest BCUT2D eigenvalue weighted by molar-refractivity contribution is 0.0582. The third-order valence-electron chi connectivity index (χ3n) is 4.87. The van der Waals surface area contributed by atoms with Gasteiger partial charge in [-0.25, -0.2) is 0 Å². The van der Waals surface area contributed by atoms with Gasteiger partial charge in [0.1, 0.15) is 5.60 Å². The van der Waals surface area contributed by atoms with Crippen LogP contribution in [0.3, 0.4) is 0 Å². The van der Waals surface area contributed by atoms with Crippen molar-refractivity contribution in [1.82, 2.24) is 0 Å². The van der Waals surface area contributed by atoms with Crippen LogP contribution in [-0.2, 0) is 5.60 Å². The Balaban J connectivity index is 2.07. The van der Waals surface area contributed by atoms with Crippen LogP contribution in [0.15, 0.2) is 72.8 Å². The number of hydrogen-bond donors (Lipinski definition) is 1. The highest BCUT2D eigenvalue weighted by Crippen LogP contribution is 2.35. The highest BCUT2D eigenvalue weighted by Gasteiger charge is 2.35. The number of ketones is 1. The first-order valence-electron chi connectivity index (χ1n) is 8.86. The van der Waals surface area contributed by atoms with Crippen molar-refractivity contribution in [3.8, 4) is 0 Å². The Bertz CT molecular complexity index is 849. The first-order chi connectivity index (χ1) is 12.4. The lowest BCUT2D eigenvalue weighted by atomic mass is 9.80. The van der Waals surface area contributed by atoms with Gasteiger partial charge in [-0.15, -0.1) is 0 Å². The van der Waals surface area contributed by atoms with Gasteiger partial charge < -0.3 is 5.11 Å². The van der Waals surface area contributed by atoms with Gasteiger partial charge in [0.25, 0.3) is 0 Å². The quantitative estimate of drug-likeness (QED) is 0.652. The minimum Gasteiger partial charge on any atom is -0.380 e. The molecule has 0 atom stereocenters. The fourth-order valence-electron chi connectivity index (χ4n) is 3.74. The Morgan fingerprint density at radius 1 is 0.808 bits per heavy atom. The van der Waals surface area contributed by atoms with E-state index in [1.165, 1.54) is 0 Å². The molecule has 0 radical (unpaired) electrons. The molecule has 0 aliphatic heterocycles. The predicted molar refractivity (Wildman–Crippen MR) is 105 cm³/mol. The second-order valence-corrected chi connectivity index (χ2v) is 6.97. The number of carbonyl (C=O) groups excluding carboxylic acids is 1. The van der Waals surface area contributed by atoms with Gasteiger partial charge in [0.05, 0.1) is 0 Å². The van der Waals surface area contributed by atoms with Gasteiger partial charge in [0, 0.05) is 12.0 Å². The molecule has 2 heteroatoms. The molecule has 3 rings (SSSR count). The van der Waals surface area contributed by atoms with E-state index in [2.05, 4.69) is 0 Å². The third kappa shape index (κ3) is 3.47. The molecule has 132 valence electrons. The summed E-state index contributed by atoms with van der Waals surface area (Å²) < 4.78 is 0. The zero-order valence-corrected chi connectivity index (χ0v) is 15.5. The maximum absolute atomic E-state index is 13.2. The van der Waals surface area contributed by atoms with Crippen molar-refractivity contribution in [2.24, 2.45) is 0 Å². The summed E-state index contributed by atoms with van der Waals surface area (Å²) in [5.74, 6) is -0.0461. The summed E-state index contributed by atoms with van der Waals surface area (Å²) in [6.07, 6.45) is 0.00572. The number of aryl methyl sites for hydroxylation is 3. The van der Waals surface area contributed by atoms with Gasteiger partial charge in [0.15, 0.2) is 5.78 Å². The van der Waals surface area contributed by atoms with E-state index >= 15 is 0 Å². The first-order valence-corrected chi connectivity index (χ1v) is 8.86. The lowest BCUT2D eigenvalue weighted by Gasteiger charge is -2.29. The number of rotatable bonds is 5. The number of hydrogen-bond acceptors (Lipinski definition) is 2. The zero-order valence-electron chi connectivity index (χ0n) is 15.5. The van der Waals surface area contributed by atoms with Gasteiger partial charge in [0.2, 0.25) is 0 Å². The predicted octanol–water partition coefficient (Wildman–Crippen LogP) is 5.12. The van der Waals surface area contributed by atoms with E-state index in [1.54, 1.807) is 0 Å². The van der Waals surface area contributed by atoms with Gasteiger partial charge >= 0.3 is 0 Å². The molecule has 0 saturated carbocycles. The fraction of sp³-hybridized carbons (Fsp3) is 0.208. The SMILES string of the molecule is Cc1cc(C)c(C(=O)CC(O)(c2ccccc2)c2ccccc2)c(C)c1. The molecule has 0 amide bonds. The molecule has 0 unspecified atom stereocenters. The molecule has 26 heavy (non-hydrogen) atoms. The smallest absolute Gasteiger partial charge is 0.166 e. The van der Waals surface area contributed by atoms with Crippen LogP contribution in [0.25, 0.3) is 0 Å². The van der Waals surface area contributed by atoms with Gasteiger partial charge in [-0.3, -0.25) is 4.79 Å². The highest BCUT2D eigenvalue weighted by molar-refractivity contribution is 5.99. The lowest BCUT2D eigenvalue weighted by Crippen LogP contribution is -2.31. The van der Waals surface area contributed by atoms with E-state index in [0.29, 0.717) is 5.56 Å². The minimum absolute atomic E-state index is 0.00572. The molecule has 0 aliphatic carbocycles. The molecule has 0 fully saturated rings. The Kier molecular flexibility index (Phi) is 5.06. The van der Waals surface area contributed by atoms with Gasteiger partial charge in [-0.2, -0.15) is 0 Å². The molecule has 0 bridgehead atoms. The number of Topliss-reactive ketones (excluding diaryl/α,β-unsaturated/α-hetero) is 1. The highest BCUT2D eigenvalue weighted by atomic mass is 16.3. The summed E-state index contributed by atoms with van der Waals surface area (Å²) in [4.78, 5) is 13.2. The van der Waals surface area contributed by atoms with Gasteiger partial charge in [-0.05, 0) is 43.0 Å². The average Bonchev–Trinajstić information content (AvgIpc) is 2.62. The van der Waals surface area contributed by atoms with Crippen molar-refractivity contribution in [2.75, 3.05) is 0 Å². The zero-order chi connectivity index (χ0) is 18.7. The van der Waals surface area contributed by atoms with E-state index in [1.807, 2.05) is 93.6 Å². The van der Waals surface area contributed by atoms with E-state index in [9.17, 15) is 9.90 Å². The van der Waals surface area contributed by atoms with Crippen LogP contribution >= 0.6 is 0 Å². The molecule has 0 spiro atoms. The maximum Gasteiger partial charge on any atom is 0.166 e. The average molecular weight is 344 g/mol. The summed E-state index contributed by atoms with van der Waals surface area (Å²) >= 11 is 0. The molecule has 0 saturated heterocycles. The summed E-state index contributed by atoms with van der Waals surface area (Å²) in [7, 11) is 0. The second-order valence-electron chi connectivity index (χ2n) is 6.97. The molecular formula is C24H24O2. The van der Waals surface area contributed by atoms with Crippen LogP contribution in [0.4, 0.5) is 0 Å². The molecule has 3 aromatic carbocycles. The minimum atomic E-state index is -1.36. The Morgan fingerprint density at radius 2 is 1.23 bits per heavy atom. The molecular weight excluding hydrogens is 320 g/mol. The van der Waals surface area contributed by atoms with Crippen LogP contribution in [0.5, 0.6) is 0 Å². The van der Waals surface area contributed by atoms with E-state index in [4.69, 9.17) is 0 Å². The summed E-state index contributed by atoms with van der Waals surface area (Å²) in [5.41, 5.74) is 3.85. The maximum atomic E-state index is 13.2. The molecule has 3 aromatic rings. The topological polar surface area (TPSA) is 37.3 Å². The monoisotopic (exact) mass is 344 g/mol. The first kappa shape index (κ1) is 18.1. The summed E-state index contributed by atoms with van der Waals surface area (Å²) in [5, 5.41) is 11.6. The van der Waals surface area contributed by atoms with Crippen LogP contribution in [-0.4, -0.2) is 10.9 Å². The molecule has 2 nitrogen and oxygen atoms in total. The van der Waals surface area contributed by atoms with Crippen LogP contribution in [0.1, 0.15) is 44.6 Å². The molecule has 0 aliphatic rings. The van der Waals surface area contributed by atoms with Crippen LogP contribution < -0.4 is 0 Å². The second kappa shape index (κ2) is 7.27. The largest absolute Gasteiger partial charge is 0.380 e. The van der Waals surface area contributed by atoms with Crippen LogP contribution in [0.2, 0.25) is 0 Å². The normalized spacial score (nSPS) is 11.4. The third-order valence-corrected chi connectivity index (χ3v) is 4.87. The van der Waals surface area contributed by atoms with Crippen molar-refractivity contribution < 1.29 is 9.90 Å². The van der Waals surface area contributed by atoms with E-state index in [-0.39, 0.29) is 12.2 Å². The molecule has 1 N–H and O–H groups in total. The molecule has 0 heterocycles. The Labute approximate surface area is 155 Å². The standard InChI is InChI=1S/C24H24O2/c1-17-14-18(2)23(19(3)15-17)22(25)16-24(26,20-10-6-4-7-11-20)21-12-8-5-9-13-21/h4-15,26H,16H2,1-3H3. The van der Waals surface area contributed by atoms with E-state index in [0.717, 1.165) is 27.8 Å². The van der Waals surface area contributed by atoms with Crippen molar-refractivity contribution in [3.05, 3.63) is 106 Å². The van der Waals surface area contributed by atoms with Gasteiger partial charge in [-0.1, -0.05) is 78.4 Å². The fourth-order valence-corrected chi connectivity index (χ4v) is 3.74.